The average molecular weight is 261 g/mol. The van der Waals surface area contributed by atoms with Crippen LogP contribution in [0.5, 0.6) is 5.75 Å². The summed E-state index contributed by atoms with van der Waals surface area (Å²) in [5, 5.41) is 9.37. The van der Waals surface area contributed by atoms with Crippen LogP contribution >= 0.6 is 0 Å². The Morgan fingerprint density at radius 2 is 1.82 bits per heavy atom. The predicted octanol–water partition coefficient (Wildman–Crippen LogP) is 2.49. The summed E-state index contributed by atoms with van der Waals surface area (Å²) in [5.41, 5.74) is 0.563. The summed E-state index contributed by atoms with van der Waals surface area (Å²) >= 11 is 0. The molecule has 0 radical (unpaired) electrons. The number of hydrogen-bond donors (Lipinski definition) is 3. The van der Waals surface area contributed by atoms with Crippen LogP contribution in [0, 0.1) is 0 Å². The van der Waals surface area contributed by atoms with Crippen LogP contribution in [0.15, 0.2) is 23.1 Å². The van der Waals surface area contributed by atoms with Crippen molar-refractivity contribution < 1.29 is 18.1 Å². The van der Waals surface area contributed by atoms with Crippen molar-refractivity contribution in [3.63, 3.8) is 0 Å². The van der Waals surface area contributed by atoms with Crippen LogP contribution < -0.4 is 6.15 Å². The van der Waals surface area contributed by atoms with E-state index >= 15 is 0 Å². The maximum atomic E-state index is 11.0. The van der Waals surface area contributed by atoms with Gasteiger partial charge in [-0.1, -0.05) is 26.8 Å². The summed E-state index contributed by atoms with van der Waals surface area (Å²) in [6, 6.07) is 4.26. The highest BCUT2D eigenvalue weighted by atomic mass is 32.2. The SMILES string of the molecule is CCC(C)(C)c1ccc(O)c(S(=O)(=O)O)c1.N. The van der Waals surface area contributed by atoms with Crippen molar-refractivity contribution in [1.82, 2.24) is 6.15 Å². The molecule has 0 atom stereocenters. The van der Waals surface area contributed by atoms with Gasteiger partial charge < -0.3 is 11.3 Å². The molecule has 0 heterocycles. The van der Waals surface area contributed by atoms with Crippen molar-refractivity contribution in [3.8, 4) is 5.75 Å². The Labute approximate surface area is 102 Å². The first-order valence-electron chi connectivity index (χ1n) is 4.99. The highest BCUT2D eigenvalue weighted by Gasteiger charge is 2.22. The molecule has 1 aromatic carbocycles. The zero-order chi connectivity index (χ0) is 12.6. The van der Waals surface area contributed by atoms with Gasteiger partial charge >= 0.3 is 0 Å². The second kappa shape index (κ2) is 5.03. The summed E-state index contributed by atoms with van der Waals surface area (Å²) in [5.74, 6) is -0.432. The van der Waals surface area contributed by atoms with Gasteiger partial charge in [-0.05, 0) is 29.5 Å². The van der Waals surface area contributed by atoms with Gasteiger partial charge in [0.15, 0.2) is 0 Å². The zero-order valence-electron chi connectivity index (χ0n) is 10.3. The van der Waals surface area contributed by atoms with E-state index in [1.54, 1.807) is 6.07 Å². The molecular formula is C11H19NO4S. The molecule has 0 bridgehead atoms. The molecule has 5 N–H and O–H groups in total. The molecule has 0 amide bonds. The van der Waals surface area contributed by atoms with Gasteiger partial charge in [-0.25, -0.2) is 0 Å². The van der Waals surface area contributed by atoms with E-state index in [0.29, 0.717) is 0 Å². The van der Waals surface area contributed by atoms with Crippen LogP contribution in [0.2, 0.25) is 0 Å². The largest absolute Gasteiger partial charge is 0.506 e. The van der Waals surface area contributed by atoms with E-state index < -0.39 is 20.8 Å². The molecule has 0 fully saturated rings. The molecule has 0 aromatic heterocycles. The van der Waals surface area contributed by atoms with Crippen molar-refractivity contribution in [2.45, 2.75) is 37.5 Å². The Kier molecular flexibility index (Phi) is 4.70. The highest BCUT2D eigenvalue weighted by molar-refractivity contribution is 7.86. The molecule has 6 heteroatoms. The molecule has 0 aliphatic heterocycles. The minimum atomic E-state index is -4.37. The van der Waals surface area contributed by atoms with Crippen LogP contribution in [0.25, 0.3) is 0 Å². The molecule has 1 aromatic rings. The minimum Gasteiger partial charge on any atom is -0.506 e. The van der Waals surface area contributed by atoms with E-state index in [-0.39, 0.29) is 11.6 Å². The lowest BCUT2D eigenvalue weighted by Gasteiger charge is -2.23. The zero-order valence-corrected chi connectivity index (χ0v) is 11.1. The fraction of sp³-hybridized carbons (Fsp3) is 0.455. The molecule has 5 nitrogen and oxygen atoms in total. The van der Waals surface area contributed by atoms with E-state index in [0.717, 1.165) is 12.0 Å². The molecule has 0 unspecified atom stereocenters. The predicted molar refractivity (Wildman–Crippen MR) is 66.3 cm³/mol. The first-order valence-corrected chi connectivity index (χ1v) is 6.43. The second-order valence-electron chi connectivity index (χ2n) is 4.40. The van der Waals surface area contributed by atoms with Crippen molar-refractivity contribution >= 4 is 10.1 Å². The Balaban J connectivity index is 0.00000256. The number of aromatic hydroxyl groups is 1. The number of hydrogen-bond acceptors (Lipinski definition) is 4. The average Bonchev–Trinajstić information content (AvgIpc) is 2.16. The fourth-order valence-corrected chi connectivity index (χ4v) is 1.95. The molecule has 17 heavy (non-hydrogen) atoms. The van der Waals surface area contributed by atoms with Gasteiger partial charge in [0.25, 0.3) is 10.1 Å². The Bertz CT molecular complexity index is 494. The van der Waals surface area contributed by atoms with E-state index in [2.05, 4.69) is 0 Å². The maximum Gasteiger partial charge on any atom is 0.298 e. The van der Waals surface area contributed by atoms with Crippen LogP contribution in [0.4, 0.5) is 0 Å². The number of benzene rings is 1. The quantitative estimate of drug-likeness (QED) is 0.724. The first-order chi connectivity index (χ1) is 7.18. The lowest BCUT2D eigenvalue weighted by Crippen LogP contribution is -2.16. The molecule has 1 rings (SSSR count). The molecule has 0 saturated carbocycles. The third kappa shape index (κ3) is 3.42. The molecular weight excluding hydrogens is 242 g/mol. The first kappa shape index (κ1) is 15.9. The standard InChI is InChI=1S/C11H16O4S.H3N/c1-4-11(2,3)8-5-6-9(12)10(7-8)16(13,14)15;/h5-7,12H,4H2,1-3H3,(H,13,14,15);1H3. The summed E-state index contributed by atoms with van der Waals surface area (Å²) in [4.78, 5) is -0.438. The van der Waals surface area contributed by atoms with Crippen LogP contribution in [0.1, 0.15) is 32.8 Å². The third-order valence-corrected chi connectivity index (χ3v) is 3.79. The molecule has 0 aliphatic rings. The number of rotatable bonds is 3. The van der Waals surface area contributed by atoms with E-state index in [1.807, 2.05) is 20.8 Å². The highest BCUT2D eigenvalue weighted by Crippen LogP contribution is 2.32. The summed E-state index contributed by atoms with van der Waals surface area (Å²) in [7, 11) is -4.37. The van der Waals surface area contributed by atoms with E-state index in [4.69, 9.17) is 4.55 Å². The number of phenols is 1. The van der Waals surface area contributed by atoms with Gasteiger partial charge in [0, 0.05) is 0 Å². The van der Waals surface area contributed by atoms with Gasteiger partial charge in [0.1, 0.15) is 10.6 Å². The summed E-state index contributed by atoms with van der Waals surface area (Å²) in [6.07, 6.45) is 0.822. The Morgan fingerprint density at radius 1 is 1.29 bits per heavy atom. The second-order valence-corrected chi connectivity index (χ2v) is 5.78. The van der Waals surface area contributed by atoms with Crippen molar-refractivity contribution in [3.05, 3.63) is 23.8 Å². The van der Waals surface area contributed by atoms with Crippen LogP contribution in [-0.4, -0.2) is 18.1 Å². The van der Waals surface area contributed by atoms with Crippen LogP contribution in [0.3, 0.4) is 0 Å². The van der Waals surface area contributed by atoms with Gasteiger partial charge in [-0.3, -0.25) is 4.55 Å². The summed E-state index contributed by atoms with van der Waals surface area (Å²) < 4.78 is 31.0. The molecule has 0 spiro atoms. The summed E-state index contributed by atoms with van der Waals surface area (Å²) in [6.45, 7) is 5.92. The van der Waals surface area contributed by atoms with E-state index in [9.17, 15) is 13.5 Å². The monoisotopic (exact) mass is 261 g/mol. The van der Waals surface area contributed by atoms with Gasteiger partial charge in [0.05, 0.1) is 0 Å². The van der Waals surface area contributed by atoms with Crippen molar-refractivity contribution in [2.75, 3.05) is 0 Å². The maximum absolute atomic E-state index is 11.0. The topological polar surface area (TPSA) is 110 Å². The smallest absolute Gasteiger partial charge is 0.298 e. The molecule has 0 saturated heterocycles. The van der Waals surface area contributed by atoms with Crippen molar-refractivity contribution in [1.29, 1.82) is 0 Å². The van der Waals surface area contributed by atoms with Gasteiger partial charge in [-0.15, -0.1) is 0 Å². The normalized spacial score (nSPS) is 12.0. The fourth-order valence-electron chi connectivity index (χ4n) is 1.35. The molecule has 98 valence electrons. The minimum absolute atomic E-state index is 0. The van der Waals surface area contributed by atoms with Crippen molar-refractivity contribution in [2.24, 2.45) is 0 Å². The van der Waals surface area contributed by atoms with E-state index in [1.165, 1.54) is 12.1 Å². The Hall–Kier alpha value is -1.11. The Morgan fingerprint density at radius 3 is 2.24 bits per heavy atom. The third-order valence-electron chi connectivity index (χ3n) is 2.90. The number of phenolic OH excluding ortho intramolecular Hbond substituents is 1. The van der Waals surface area contributed by atoms with Gasteiger partial charge in [0.2, 0.25) is 0 Å². The lowest BCUT2D eigenvalue weighted by molar-refractivity contribution is 0.439. The lowest BCUT2D eigenvalue weighted by atomic mass is 9.82. The molecule has 0 aliphatic carbocycles. The van der Waals surface area contributed by atoms with Crippen LogP contribution in [-0.2, 0) is 15.5 Å². The van der Waals surface area contributed by atoms with Gasteiger partial charge in [-0.2, -0.15) is 8.42 Å².